The van der Waals surface area contributed by atoms with Crippen LogP contribution >= 0.6 is 11.8 Å². The number of thioether (sulfide) groups is 1. The molecular formula is C9H21NOS. The summed E-state index contributed by atoms with van der Waals surface area (Å²) in [7, 11) is 0. The zero-order chi connectivity index (χ0) is 9.23. The summed E-state index contributed by atoms with van der Waals surface area (Å²) in [6, 6.07) is 0. The summed E-state index contributed by atoms with van der Waals surface area (Å²) >= 11 is 1.91. The topological polar surface area (TPSA) is 35.2 Å². The van der Waals surface area contributed by atoms with Crippen molar-refractivity contribution in [1.82, 2.24) is 0 Å². The van der Waals surface area contributed by atoms with E-state index in [-0.39, 0.29) is 0 Å². The molecule has 0 aromatic rings. The molecule has 0 fully saturated rings. The molecule has 0 heterocycles. The van der Waals surface area contributed by atoms with Gasteiger partial charge < -0.3 is 10.5 Å². The molecule has 0 atom stereocenters. The zero-order valence-electron chi connectivity index (χ0n) is 8.21. The molecule has 2 N–H and O–H groups in total. The van der Waals surface area contributed by atoms with Crippen LogP contribution in [0.1, 0.15) is 20.3 Å². The van der Waals surface area contributed by atoms with Crippen molar-refractivity contribution in [2.24, 2.45) is 11.7 Å². The van der Waals surface area contributed by atoms with Gasteiger partial charge in [0.15, 0.2) is 0 Å². The quantitative estimate of drug-likeness (QED) is 0.594. The predicted octanol–water partition coefficient (Wildman–Crippen LogP) is 1.74. The van der Waals surface area contributed by atoms with Gasteiger partial charge in [-0.1, -0.05) is 13.8 Å². The molecule has 0 aliphatic rings. The average Bonchev–Trinajstić information content (AvgIpc) is 2.02. The lowest BCUT2D eigenvalue weighted by atomic mass is 10.2. The van der Waals surface area contributed by atoms with E-state index in [1.165, 1.54) is 5.75 Å². The van der Waals surface area contributed by atoms with Gasteiger partial charge in [-0.2, -0.15) is 11.8 Å². The van der Waals surface area contributed by atoms with Crippen LogP contribution in [-0.2, 0) is 4.74 Å². The van der Waals surface area contributed by atoms with Crippen molar-refractivity contribution in [3.63, 3.8) is 0 Å². The van der Waals surface area contributed by atoms with Gasteiger partial charge in [-0.3, -0.25) is 0 Å². The summed E-state index contributed by atoms with van der Waals surface area (Å²) in [5.74, 6) is 2.90. The van der Waals surface area contributed by atoms with E-state index in [0.717, 1.165) is 31.9 Å². The van der Waals surface area contributed by atoms with E-state index in [9.17, 15) is 0 Å². The molecule has 0 aromatic heterocycles. The Morgan fingerprint density at radius 1 is 1.33 bits per heavy atom. The molecule has 0 saturated carbocycles. The average molecular weight is 191 g/mol. The SMILES string of the molecule is CC(C)COCCCSCCN. The van der Waals surface area contributed by atoms with Crippen LogP contribution < -0.4 is 5.73 Å². The Bertz CT molecular complexity index is 88.6. The summed E-state index contributed by atoms with van der Waals surface area (Å²) in [6.45, 7) is 6.92. The first-order valence-corrected chi connectivity index (χ1v) is 5.78. The lowest BCUT2D eigenvalue weighted by Gasteiger charge is -2.05. The van der Waals surface area contributed by atoms with E-state index >= 15 is 0 Å². The van der Waals surface area contributed by atoms with E-state index in [2.05, 4.69) is 13.8 Å². The minimum Gasteiger partial charge on any atom is -0.381 e. The third-order valence-electron chi connectivity index (χ3n) is 1.29. The molecule has 0 aromatic carbocycles. The first-order valence-electron chi connectivity index (χ1n) is 4.63. The van der Waals surface area contributed by atoms with E-state index in [1.54, 1.807) is 0 Å². The van der Waals surface area contributed by atoms with Gasteiger partial charge in [0.05, 0.1) is 0 Å². The molecule has 0 bridgehead atoms. The second kappa shape index (κ2) is 9.36. The van der Waals surface area contributed by atoms with Crippen molar-refractivity contribution in [1.29, 1.82) is 0 Å². The highest BCUT2D eigenvalue weighted by Gasteiger charge is 1.93. The van der Waals surface area contributed by atoms with E-state index in [0.29, 0.717) is 5.92 Å². The molecule has 0 amide bonds. The van der Waals surface area contributed by atoms with Gasteiger partial charge in [0.2, 0.25) is 0 Å². The fraction of sp³-hybridized carbons (Fsp3) is 1.00. The molecule has 74 valence electrons. The van der Waals surface area contributed by atoms with Crippen molar-refractivity contribution >= 4 is 11.8 Å². The van der Waals surface area contributed by atoms with Crippen LogP contribution in [0.25, 0.3) is 0 Å². The van der Waals surface area contributed by atoms with E-state index in [4.69, 9.17) is 10.5 Å². The fourth-order valence-corrected chi connectivity index (χ4v) is 1.46. The van der Waals surface area contributed by atoms with Crippen LogP contribution in [0.3, 0.4) is 0 Å². The van der Waals surface area contributed by atoms with Crippen LogP contribution in [0, 0.1) is 5.92 Å². The molecule has 2 nitrogen and oxygen atoms in total. The molecule has 0 aliphatic heterocycles. The Kier molecular flexibility index (Phi) is 9.57. The molecule has 0 saturated heterocycles. The molecule has 0 unspecified atom stereocenters. The number of hydrogen-bond donors (Lipinski definition) is 1. The summed E-state index contributed by atoms with van der Waals surface area (Å²) in [5, 5.41) is 0. The Morgan fingerprint density at radius 2 is 2.08 bits per heavy atom. The van der Waals surface area contributed by atoms with Crippen molar-refractivity contribution < 1.29 is 4.74 Å². The summed E-state index contributed by atoms with van der Waals surface area (Å²) in [4.78, 5) is 0. The van der Waals surface area contributed by atoms with Gasteiger partial charge >= 0.3 is 0 Å². The lowest BCUT2D eigenvalue weighted by molar-refractivity contribution is 0.111. The normalized spacial score (nSPS) is 11.0. The Labute approximate surface area is 80.2 Å². The number of nitrogens with two attached hydrogens (primary N) is 1. The van der Waals surface area contributed by atoms with E-state index < -0.39 is 0 Å². The van der Waals surface area contributed by atoms with Gasteiger partial charge in [-0.25, -0.2) is 0 Å². The molecule has 3 heteroatoms. The first kappa shape index (κ1) is 12.3. The minimum absolute atomic E-state index is 0.654. The number of ether oxygens (including phenoxy) is 1. The summed E-state index contributed by atoms with van der Waals surface area (Å²) < 4.78 is 5.43. The highest BCUT2D eigenvalue weighted by atomic mass is 32.2. The molecular weight excluding hydrogens is 170 g/mol. The maximum Gasteiger partial charge on any atom is 0.0488 e. The van der Waals surface area contributed by atoms with Gasteiger partial charge in [-0.15, -0.1) is 0 Å². The fourth-order valence-electron chi connectivity index (χ4n) is 0.767. The van der Waals surface area contributed by atoms with Gasteiger partial charge in [0.25, 0.3) is 0 Å². The number of rotatable bonds is 8. The number of hydrogen-bond acceptors (Lipinski definition) is 3. The lowest BCUT2D eigenvalue weighted by Crippen LogP contribution is -2.05. The second-order valence-corrected chi connectivity index (χ2v) is 4.45. The van der Waals surface area contributed by atoms with Crippen LogP contribution in [0.4, 0.5) is 0 Å². The van der Waals surface area contributed by atoms with Crippen LogP contribution in [0.15, 0.2) is 0 Å². The molecule has 0 rings (SSSR count). The third kappa shape index (κ3) is 10.3. The first-order chi connectivity index (χ1) is 5.77. The Balaban J connectivity index is 2.82. The summed E-state index contributed by atoms with van der Waals surface area (Å²) in [6.07, 6.45) is 1.15. The predicted molar refractivity (Wildman–Crippen MR) is 56.7 cm³/mol. The second-order valence-electron chi connectivity index (χ2n) is 3.22. The zero-order valence-corrected chi connectivity index (χ0v) is 9.03. The highest BCUT2D eigenvalue weighted by molar-refractivity contribution is 7.99. The monoisotopic (exact) mass is 191 g/mol. The van der Waals surface area contributed by atoms with Crippen LogP contribution in [0.5, 0.6) is 0 Å². The molecule has 0 spiro atoms. The Hall–Kier alpha value is 0.270. The Morgan fingerprint density at radius 3 is 2.67 bits per heavy atom. The minimum atomic E-state index is 0.654. The standard InChI is InChI=1S/C9H21NOS/c1-9(2)8-11-5-3-6-12-7-4-10/h9H,3-8,10H2,1-2H3. The third-order valence-corrected chi connectivity index (χ3v) is 2.39. The maximum atomic E-state index is 5.43. The van der Waals surface area contributed by atoms with Gasteiger partial charge in [0, 0.05) is 25.5 Å². The van der Waals surface area contributed by atoms with Crippen LogP contribution in [0.2, 0.25) is 0 Å². The highest BCUT2D eigenvalue weighted by Crippen LogP contribution is 2.01. The van der Waals surface area contributed by atoms with E-state index in [1.807, 2.05) is 11.8 Å². The molecule has 12 heavy (non-hydrogen) atoms. The van der Waals surface area contributed by atoms with Crippen molar-refractivity contribution in [2.45, 2.75) is 20.3 Å². The largest absolute Gasteiger partial charge is 0.381 e. The van der Waals surface area contributed by atoms with Crippen LogP contribution in [-0.4, -0.2) is 31.3 Å². The smallest absolute Gasteiger partial charge is 0.0488 e. The van der Waals surface area contributed by atoms with Gasteiger partial charge in [0.1, 0.15) is 0 Å². The molecule has 0 aliphatic carbocycles. The maximum absolute atomic E-state index is 5.43. The van der Waals surface area contributed by atoms with Crippen molar-refractivity contribution in [3.05, 3.63) is 0 Å². The summed E-state index contributed by atoms with van der Waals surface area (Å²) in [5.41, 5.74) is 5.36. The van der Waals surface area contributed by atoms with Crippen molar-refractivity contribution in [2.75, 3.05) is 31.3 Å². The molecule has 0 radical (unpaired) electrons. The van der Waals surface area contributed by atoms with Gasteiger partial charge in [-0.05, 0) is 18.1 Å². The van der Waals surface area contributed by atoms with Crippen molar-refractivity contribution in [3.8, 4) is 0 Å².